The summed E-state index contributed by atoms with van der Waals surface area (Å²) < 4.78 is 24.5. The molecule has 0 radical (unpaired) electrons. The van der Waals surface area contributed by atoms with Gasteiger partial charge in [-0.3, -0.25) is 4.79 Å². The fourth-order valence-corrected chi connectivity index (χ4v) is 1.86. The molecule has 0 bridgehead atoms. The van der Waals surface area contributed by atoms with Crippen LogP contribution >= 0.6 is 0 Å². The third-order valence-electron chi connectivity index (χ3n) is 1.33. The number of hydrogen-bond donors (Lipinski definition) is 1. The Kier molecular flexibility index (Phi) is 5.62. The van der Waals surface area contributed by atoms with E-state index in [1.807, 2.05) is 18.6 Å². The van der Waals surface area contributed by atoms with Gasteiger partial charge in [0.1, 0.15) is 0 Å². The highest BCUT2D eigenvalue weighted by Crippen LogP contribution is 2.06. The maximum Gasteiger partial charge on any atom is 0.264 e. The Morgan fingerprint density at radius 3 is 2.00 bits per heavy atom. The summed E-state index contributed by atoms with van der Waals surface area (Å²) in [5.41, 5.74) is 0. The van der Waals surface area contributed by atoms with E-state index in [0.717, 1.165) is 6.92 Å². The molecule has 5 heteroatoms. The van der Waals surface area contributed by atoms with Crippen LogP contribution in [0.1, 0.15) is 20.8 Å². The first-order valence-corrected chi connectivity index (χ1v) is 6.09. The molecule has 0 atom stereocenters. The molecule has 0 aliphatic carbocycles. The molecule has 0 saturated carbocycles. The van der Waals surface area contributed by atoms with Crippen LogP contribution in [0.3, 0.4) is 0 Å². The van der Waals surface area contributed by atoms with E-state index in [1.54, 1.807) is 18.2 Å². The Bertz CT molecular complexity index is 398. The van der Waals surface area contributed by atoms with E-state index >= 15 is 0 Å². The summed E-state index contributed by atoms with van der Waals surface area (Å²) >= 11 is 0. The topological polar surface area (TPSA) is 63.2 Å². The molecular formula is C10H15NO3S. The van der Waals surface area contributed by atoms with Crippen LogP contribution in [0.2, 0.25) is 0 Å². The smallest absolute Gasteiger partial charge is 0.264 e. The van der Waals surface area contributed by atoms with Gasteiger partial charge in [0, 0.05) is 6.92 Å². The number of nitrogens with one attached hydrogen (secondary N) is 1. The van der Waals surface area contributed by atoms with Crippen molar-refractivity contribution in [3.63, 3.8) is 0 Å². The van der Waals surface area contributed by atoms with E-state index in [2.05, 4.69) is 0 Å². The average Bonchev–Trinajstić information content (AvgIpc) is 2.20. The van der Waals surface area contributed by atoms with Crippen LogP contribution in [0.4, 0.5) is 0 Å². The second-order valence-corrected chi connectivity index (χ2v) is 4.16. The fourth-order valence-electron chi connectivity index (χ4n) is 0.848. The molecule has 1 amide bonds. The second kappa shape index (κ2) is 6.19. The first-order chi connectivity index (χ1) is 7.02. The summed E-state index contributed by atoms with van der Waals surface area (Å²) in [5.74, 6) is -0.594. The predicted octanol–water partition coefficient (Wildman–Crippen LogP) is 1.54. The van der Waals surface area contributed by atoms with Crippen molar-refractivity contribution < 1.29 is 13.2 Å². The third-order valence-corrected chi connectivity index (χ3v) is 2.78. The molecule has 1 aromatic carbocycles. The van der Waals surface area contributed by atoms with E-state index in [-0.39, 0.29) is 4.90 Å². The van der Waals surface area contributed by atoms with Gasteiger partial charge in [0.2, 0.25) is 5.91 Å². The highest BCUT2D eigenvalue weighted by molar-refractivity contribution is 7.90. The van der Waals surface area contributed by atoms with Gasteiger partial charge in [0.15, 0.2) is 0 Å². The number of carbonyl (C=O) groups is 1. The molecule has 0 aliphatic heterocycles. The van der Waals surface area contributed by atoms with Gasteiger partial charge in [0.05, 0.1) is 4.90 Å². The van der Waals surface area contributed by atoms with Crippen molar-refractivity contribution in [1.82, 2.24) is 4.72 Å². The normalized spacial score (nSPS) is 9.80. The second-order valence-electron chi connectivity index (χ2n) is 2.47. The van der Waals surface area contributed by atoms with Crippen LogP contribution in [0.15, 0.2) is 35.2 Å². The fraction of sp³-hybridized carbons (Fsp3) is 0.300. The molecule has 84 valence electrons. The zero-order valence-electron chi connectivity index (χ0n) is 9.02. The monoisotopic (exact) mass is 229 g/mol. The Morgan fingerprint density at radius 1 is 1.13 bits per heavy atom. The summed E-state index contributed by atoms with van der Waals surface area (Å²) in [6, 6.07) is 7.73. The third kappa shape index (κ3) is 4.60. The average molecular weight is 229 g/mol. The molecule has 1 N–H and O–H groups in total. The molecule has 0 unspecified atom stereocenters. The lowest BCUT2D eigenvalue weighted by atomic mass is 10.4. The maximum absolute atomic E-state index is 11.3. The van der Waals surface area contributed by atoms with E-state index in [9.17, 15) is 13.2 Å². The van der Waals surface area contributed by atoms with Crippen LogP contribution in [0, 0.1) is 0 Å². The molecular weight excluding hydrogens is 214 g/mol. The van der Waals surface area contributed by atoms with Crippen molar-refractivity contribution >= 4 is 15.9 Å². The summed E-state index contributed by atoms with van der Waals surface area (Å²) in [5, 5.41) is 0. The zero-order valence-corrected chi connectivity index (χ0v) is 9.84. The van der Waals surface area contributed by atoms with Crippen molar-refractivity contribution in [2.24, 2.45) is 0 Å². The van der Waals surface area contributed by atoms with Crippen LogP contribution in [-0.2, 0) is 14.8 Å². The van der Waals surface area contributed by atoms with Crippen molar-refractivity contribution in [1.29, 1.82) is 0 Å². The van der Waals surface area contributed by atoms with E-state index in [4.69, 9.17) is 0 Å². The molecule has 1 rings (SSSR count). The Balaban J connectivity index is 0.000000921. The standard InChI is InChI=1S/C8H9NO3S.C2H6/c1-7(10)9-13(11,12)8-5-3-2-4-6-8;1-2/h2-6H,1H3,(H,9,10);1-2H3. The molecule has 4 nitrogen and oxygen atoms in total. The van der Waals surface area contributed by atoms with E-state index < -0.39 is 15.9 Å². The van der Waals surface area contributed by atoms with Crippen LogP contribution in [0.5, 0.6) is 0 Å². The van der Waals surface area contributed by atoms with Gasteiger partial charge in [-0.05, 0) is 12.1 Å². The molecule has 1 aromatic rings. The molecule has 0 aliphatic rings. The highest BCUT2D eigenvalue weighted by Gasteiger charge is 2.13. The SMILES string of the molecule is CC.CC(=O)NS(=O)(=O)c1ccccc1. The van der Waals surface area contributed by atoms with Gasteiger partial charge in [0.25, 0.3) is 10.0 Å². The minimum absolute atomic E-state index is 0.0881. The summed E-state index contributed by atoms with van der Waals surface area (Å²) in [4.78, 5) is 10.6. The molecule has 0 heterocycles. The lowest BCUT2D eigenvalue weighted by molar-refractivity contribution is -0.117. The van der Waals surface area contributed by atoms with Crippen LogP contribution < -0.4 is 4.72 Å². The Morgan fingerprint density at radius 2 is 1.60 bits per heavy atom. The van der Waals surface area contributed by atoms with Gasteiger partial charge < -0.3 is 0 Å². The number of hydrogen-bond acceptors (Lipinski definition) is 3. The van der Waals surface area contributed by atoms with Gasteiger partial charge in [-0.15, -0.1) is 0 Å². The van der Waals surface area contributed by atoms with E-state index in [1.165, 1.54) is 12.1 Å². The Hall–Kier alpha value is -1.36. The first kappa shape index (κ1) is 13.6. The van der Waals surface area contributed by atoms with Crippen molar-refractivity contribution in [3.8, 4) is 0 Å². The van der Waals surface area contributed by atoms with Crippen molar-refractivity contribution in [2.75, 3.05) is 0 Å². The Labute approximate surface area is 90.4 Å². The van der Waals surface area contributed by atoms with Gasteiger partial charge in [-0.25, -0.2) is 13.1 Å². The zero-order chi connectivity index (χ0) is 11.9. The maximum atomic E-state index is 11.3. The number of benzene rings is 1. The largest absolute Gasteiger partial charge is 0.274 e. The molecule has 0 fully saturated rings. The summed E-state index contributed by atoms with van der Waals surface area (Å²) in [7, 11) is -3.66. The predicted molar refractivity (Wildman–Crippen MR) is 58.8 cm³/mol. The number of carbonyl (C=O) groups excluding carboxylic acids is 1. The van der Waals surface area contributed by atoms with Crippen LogP contribution in [-0.4, -0.2) is 14.3 Å². The number of rotatable bonds is 2. The molecule has 15 heavy (non-hydrogen) atoms. The van der Waals surface area contributed by atoms with Gasteiger partial charge >= 0.3 is 0 Å². The minimum Gasteiger partial charge on any atom is -0.274 e. The molecule has 0 saturated heterocycles. The van der Waals surface area contributed by atoms with Gasteiger partial charge in [-0.1, -0.05) is 32.0 Å². The number of sulfonamides is 1. The van der Waals surface area contributed by atoms with Gasteiger partial charge in [-0.2, -0.15) is 0 Å². The van der Waals surface area contributed by atoms with Crippen molar-refractivity contribution in [2.45, 2.75) is 25.7 Å². The lowest BCUT2D eigenvalue weighted by Gasteiger charge is -2.02. The lowest BCUT2D eigenvalue weighted by Crippen LogP contribution is -2.27. The van der Waals surface area contributed by atoms with E-state index in [0.29, 0.717) is 0 Å². The molecule has 0 aromatic heterocycles. The summed E-state index contributed by atoms with van der Waals surface area (Å²) in [6.45, 7) is 5.15. The summed E-state index contributed by atoms with van der Waals surface area (Å²) in [6.07, 6.45) is 0. The number of amides is 1. The minimum atomic E-state index is -3.66. The van der Waals surface area contributed by atoms with Crippen molar-refractivity contribution in [3.05, 3.63) is 30.3 Å². The highest BCUT2D eigenvalue weighted by atomic mass is 32.2. The van der Waals surface area contributed by atoms with Crippen LogP contribution in [0.25, 0.3) is 0 Å². The first-order valence-electron chi connectivity index (χ1n) is 4.61. The molecule has 0 spiro atoms. The quantitative estimate of drug-likeness (QED) is 0.836.